The summed E-state index contributed by atoms with van der Waals surface area (Å²) in [5, 5.41) is 8.54. The van der Waals surface area contributed by atoms with Crippen molar-refractivity contribution in [3.63, 3.8) is 0 Å². The molecule has 1 aromatic carbocycles. The van der Waals surface area contributed by atoms with Gasteiger partial charge >= 0.3 is 0 Å². The molecule has 0 spiro atoms. The Labute approximate surface area is 156 Å². The first kappa shape index (κ1) is 17.8. The van der Waals surface area contributed by atoms with Crippen molar-refractivity contribution >= 4 is 46.1 Å². The van der Waals surface area contributed by atoms with Gasteiger partial charge in [-0.3, -0.25) is 9.59 Å². The third-order valence-corrected chi connectivity index (χ3v) is 5.28. The second-order valence-corrected chi connectivity index (χ2v) is 7.42. The number of hydrogen-bond donors (Lipinski definition) is 2. The average molecular weight is 378 g/mol. The lowest BCUT2D eigenvalue weighted by atomic mass is 10.2. The van der Waals surface area contributed by atoms with E-state index >= 15 is 0 Å². The summed E-state index contributed by atoms with van der Waals surface area (Å²) >= 11 is 7.95. The molecule has 1 aliphatic rings. The maximum atomic E-state index is 12.2. The fourth-order valence-electron chi connectivity index (χ4n) is 2.77. The van der Waals surface area contributed by atoms with Crippen molar-refractivity contribution in [2.45, 2.75) is 32.4 Å². The first-order chi connectivity index (χ1) is 12.0. The summed E-state index contributed by atoms with van der Waals surface area (Å²) in [7, 11) is 0. The van der Waals surface area contributed by atoms with E-state index in [2.05, 4.69) is 10.6 Å². The number of hydrogen-bond acceptors (Lipinski definition) is 4. The van der Waals surface area contributed by atoms with E-state index in [1.165, 1.54) is 0 Å². The zero-order valence-corrected chi connectivity index (χ0v) is 15.5. The molecule has 1 aromatic heterocycles. The number of thiophene rings is 1. The monoisotopic (exact) mass is 377 g/mol. The first-order valence-corrected chi connectivity index (χ1v) is 9.47. The third kappa shape index (κ3) is 4.32. The summed E-state index contributed by atoms with van der Waals surface area (Å²) in [6.07, 6.45) is 1.42. The van der Waals surface area contributed by atoms with Crippen LogP contribution in [0.15, 0.2) is 35.7 Å². The molecule has 5 nitrogen and oxygen atoms in total. The molecule has 0 aliphatic carbocycles. The average Bonchev–Trinajstić information content (AvgIpc) is 3.24. The number of amides is 2. The molecule has 2 amide bonds. The van der Waals surface area contributed by atoms with Gasteiger partial charge in [0.25, 0.3) is 0 Å². The first-order valence-electron chi connectivity index (χ1n) is 8.21. The molecular weight excluding hydrogens is 358 g/mol. The van der Waals surface area contributed by atoms with Gasteiger partial charge in [-0.15, -0.1) is 11.3 Å². The Hall–Kier alpha value is -2.05. The molecule has 0 radical (unpaired) electrons. The van der Waals surface area contributed by atoms with Gasteiger partial charge in [0.05, 0.1) is 17.3 Å². The van der Waals surface area contributed by atoms with Crippen LogP contribution in [0.4, 0.5) is 11.4 Å². The van der Waals surface area contributed by atoms with E-state index < -0.39 is 6.04 Å². The number of benzene rings is 1. The lowest BCUT2D eigenvalue weighted by molar-refractivity contribution is -0.121. The minimum Gasteiger partial charge on any atom is -0.374 e. The quantitative estimate of drug-likeness (QED) is 0.807. The van der Waals surface area contributed by atoms with E-state index in [0.717, 1.165) is 22.7 Å². The molecule has 2 heterocycles. The van der Waals surface area contributed by atoms with Crippen LogP contribution in [0, 0.1) is 0 Å². The van der Waals surface area contributed by atoms with Crippen LogP contribution >= 0.6 is 22.9 Å². The predicted octanol–water partition coefficient (Wildman–Crippen LogP) is 3.65. The molecule has 3 rings (SSSR count). The lowest BCUT2D eigenvalue weighted by Gasteiger charge is -2.19. The normalized spacial score (nSPS) is 15.3. The SMILES string of the molecule is CC(Nc1ccc(N2CCCC2=O)c(Cl)c1)C(=O)NCc1cccs1. The Bertz CT molecular complexity index is 764. The molecule has 0 saturated carbocycles. The van der Waals surface area contributed by atoms with Gasteiger partial charge in [-0.05, 0) is 43.0 Å². The number of carbonyl (C=O) groups excluding carboxylic acids is 2. The van der Waals surface area contributed by atoms with Crippen LogP contribution in [0.5, 0.6) is 0 Å². The maximum Gasteiger partial charge on any atom is 0.242 e. The van der Waals surface area contributed by atoms with Gasteiger partial charge in [-0.25, -0.2) is 0 Å². The fourth-order valence-corrected chi connectivity index (χ4v) is 3.70. The maximum absolute atomic E-state index is 12.2. The molecule has 0 bridgehead atoms. The molecule has 1 atom stereocenters. The topological polar surface area (TPSA) is 61.4 Å². The molecule has 1 saturated heterocycles. The minimum absolute atomic E-state index is 0.0803. The molecule has 1 aliphatic heterocycles. The summed E-state index contributed by atoms with van der Waals surface area (Å²) in [6.45, 7) is 3.03. The lowest BCUT2D eigenvalue weighted by Crippen LogP contribution is -2.37. The molecular formula is C18H20ClN3O2S. The van der Waals surface area contributed by atoms with Gasteiger partial charge in [0.1, 0.15) is 6.04 Å². The van der Waals surface area contributed by atoms with Gasteiger partial charge in [0.15, 0.2) is 0 Å². The Morgan fingerprint density at radius 2 is 2.24 bits per heavy atom. The van der Waals surface area contributed by atoms with Crippen LogP contribution in [-0.2, 0) is 16.1 Å². The summed E-state index contributed by atoms with van der Waals surface area (Å²) < 4.78 is 0. The Balaban J connectivity index is 1.59. The van der Waals surface area contributed by atoms with Crippen molar-refractivity contribution in [1.29, 1.82) is 0 Å². The number of carbonyl (C=O) groups is 2. The highest BCUT2D eigenvalue weighted by atomic mass is 35.5. The van der Waals surface area contributed by atoms with E-state index in [9.17, 15) is 9.59 Å². The Morgan fingerprint density at radius 1 is 1.40 bits per heavy atom. The zero-order valence-electron chi connectivity index (χ0n) is 13.9. The van der Waals surface area contributed by atoms with Crippen LogP contribution in [-0.4, -0.2) is 24.4 Å². The second-order valence-electron chi connectivity index (χ2n) is 5.98. The van der Waals surface area contributed by atoms with E-state index in [1.807, 2.05) is 29.6 Å². The van der Waals surface area contributed by atoms with Gasteiger partial charge in [0.2, 0.25) is 11.8 Å². The smallest absolute Gasteiger partial charge is 0.242 e. The third-order valence-electron chi connectivity index (χ3n) is 4.11. The Morgan fingerprint density at radius 3 is 2.88 bits per heavy atom. The van der Waals surface area contributed by atoms with Crippen molar-refractivity contribution in [3.8, 4) is 0 Å². The van der Waals surface area contributed by atoms with Gasteiger partial charge in [-0.1, -0.05) is 17.7 Å². The number of anilines is 2. The van der Waals surface area contributed by atoms with Crippen LogP contribution in [0.3, 0.4) is 0 Å². The van der Waals surface area contributed by atoms with E-state index in [4.69, 9.17) is 11.6 Å². The van der Waals surface area contributed by atoms with Crippen LogP contribution in [0.2, 0.25) is 5.02 Å². The minimum atomic E-state index is -0.393. The molecule has 2 N–H and O–H groups in total. The highest BCUT2D eigenvalue weighted by Crippen LogP contribution is 2.31. The number of halogens is 1. The van der Waals surface area contributed by atoms with Gasteiger partial charge in [0, 0.05) is 23.5 Å². The summed E-state index contributed by atoms with van der Waals surface area (Å²) in [4.78, 5) is 26.9. The fraction of sp³-hybridized carbons (Fsp3) is 0.333. The number of rotatable bonds is 6. The van der Waals surface area contributed by atoms with Gasteiger partial charge in [-0.2, -0.15) is 0 Å². The number of nitrogens with zero attached hydrogens (tertiary/aromatic N) is 1. The zero-order chi connectivity index (χ0) is 17.8. The van der Waals surface area contributed by atoms with Crippen LogP contribution in [0.25, 0.3) is 0 Å². The van der Waals surface area contributed by atoms with Crippen molar-refractivity contribution in [1.82, 2.24) is 5.32 Å². The highest BCUT2D eigenvalue weighted by molar-refractivity contribution is 7.09. The van der Waals surface area contributed by atoms with E-state index in [0.29, 0.717) is 24.5 Å². The molecule has 1 unspecified atom stereocenters. The summed E-state index contributed by atoms with van der Waals surface area (Å²) in [5.41, 5.74) is 1.48. The van der Waals surface area contributed by atoms with Crippen LogP contribution in [0.1, 0.15) is 24.6 Å². The number of nitrogens with one attached hydrogen (secondary N) is 2. The highest BCUT2D eigenvalue weighted by Gasteiger charge is 2.23. The standard InChI is InChI=1S/C18H20ClN3O2S/c1-12(18(24)20-11-14-4-3-9-25-14)21-13-6-7-16(15(19)10-13)22-8-2-5-17(22)23/h3-4,6-7,9-10,12,21H,2,5,8,11H2,1H3,(H,20,24). The summed E-state index contributed by atoms with van der Waals surface area (Å²) in [5.74, 6) is 0.0206. The largest absolute Gasteiger partial charge is 0.374 e. The van der Waals surface area contributed by atoms with Crippen molar-refractivity contribution < 1.29 is 9.59 Å². The second kappa shape index (κ2) is 7.89. The van der Waals surface area contributed by atoms with Gasteiger partial charge < -0.3 is 15.5 Å². The molecule has 132 valence electrons. The predicted molar refractivity (Wildman–Crippen MR) is 102 cm³/mol. The summed E-state index contributed by atoms with van der Waals surface area (Å²) in [6, 6.07) is 8.98. The van der Waals surface area contributed by atoms with Crippen molar-refractivity contribution in [2.75, 3.05) is 16.8 Å². The molecule has 2 aromatic rings. The van der Waals surface area contributed by atoms with Crippen molar-refractivity contribution in [2.24, 2.45) is 0 Å². The van der Waals surface area contributed by atoms with Crippen LogP contribution < -0.4 is 15.5 Å². The Kier molecular flexibility index (Phi) is 5.60. The van der Waals surface area contributed by atoms with E-state index in [1.54, 1.807) is 29.2 Å². The molecule has 7 heteroatoms. The molecule has 25 heavy (non-hydrogen) atoms. The van der Waals surface area contributed by atoms with Crippen molar-refractivity contribution in [3.05, 3.63) is 45.6 Å². The van der Waals surface area contributed by atoms with E-state index in [-0.39, 0.29) is 11.8 Å². The molecule has 1 fully saturated rings.